The van der Waals surface area contributed by atoms with E-state index >= 15 is 0 Å². The summed E-state index contributed by atoms with van der Waals surface area (Å²) in [6.45, 7) is 1.82. The molecule has 0 radical (unpaired) electrons. The Bertz CT molecular complexity index is 482. The van der Waals surface area contributed by atoms with Gasteiger partial charge >= 0.3 is 0 Å². The fraction of sp³-hybridized carbons (Fsp3) is 0.273. The molecule has 0 saturated carbocycles. The highest BCUT2D eigenvalue weighted by molar-refractivity contribution is 5.56. The van der Waals surface area contributed by atoms with Gasteiger partial charge in [0, 0.05) is 12.7 Å². The minimum atomic E-state index is -0.237. The first-order valence-corrected chi connectivity index (χ1v) is 4.86. The van der Waals surface area contributed by atoms with Gasteiger partial charge in [-0.1, -0.05) is 17.3 Å². The zero-order chi connectivity index (χ0) is 11.5. The average molecular weight is 220 g/mol. The second kappa shape index (κ2) is 4.32. The van der Waals surface area contributed by atoms with Crippen molar-refractivity contribution in [2.45, 2.75) is 13.0 Å². The largest absolute Gasteiger partial charge is 0.508 e. The van der Waals surface area contributed by atoms with Gasteiger partial charge in [0.25, 0.3) is 5.89 Å². The van der Waals surface area contributed by atoms with Gasteiger partial charge in [-0.05, 0) is 19.1 Å². The van der Waals surface area contributed by atoms with Gasteiger partial charge in [0.15, 0.2) is 0 Å². The monoisotopic (exact) mass is 220 g/mol. The van der Waals surface area contributed by atoms with Crippen LogP contribution < -0.4 is 0 Å². The molecule has 0 aliphatic carbocycles. The van der Waals surface area contributed by atoms with Crippen LogP contribution in [0, 0.1) is 0 Å². The third-order valence-electron chi connectivity index (χ3n) is 2.25. The summed E-state index contributed by atoms with van der Waals surface area (Å²) < 4.78 is 10.1. The molecule has 0 aliphatic heterocycles. The highest BCUT2D eigenvalue weighted by atomic mass is 16.5. The highest BCUT2D eigenvalue weighted by Gasteiger charge is 2.14. The smallest absolute Gasteiger partial charge is 0.255 e. The molecule has 16 heavy (non-hydrogen) atoms. The summed E-state index contributed by atoms with van der Waals surface area (Å²) in [5.41, 5.74) is 0.707. The molecule has 1 aromatic carbocycles. The second-order valence-corrected chi connectivity index (χ2v) is 3.38. The molecule has 1 heterocycles. The Morgan fingerprint density at radius 1 is 1.44 bits per heavy atom. The Morgan fingerprint density at radius 3 is 2.94 bits per heavy atom. The van der Waals surface area contributed by atoms with Gasteiger partial charge in [0.2, 0.25) is 5.82 Å². The summed E-state index contributed by atoms with van der Waals surface area (Å²) >= 11 is 0. The molecule has 0 bridgehead atoms. The van der Waals surface area contributed by atoms with E-state index in [-0.39, 0.29) is 11.9 Å². The lowest BCUT2D eigenvalue weighted by molar-refractivity contribution is 0.0886. The molecule has 1 unspecified atom stereocenters. The molecule has 1 atom stereocenters. The fourth-order valence-electron chi connectivity index (χ4n) is 1.26. The van der Waals surface area contributed by atoms with Gasteiger partial charge in [-0.25, -0.2) is 0 Å². The molecule has 0 fully saturated rings. The van der Waals surface area contributed by atoms with E-state index in [1.807, 2.05) is 6.92 Å². The Hall–Kier alpha value is -1.88. The van der Waals surface area contributed by atoms with Crippen LogP contribution >= 0.6 is 0 Å². The molecule has 0 spiro atoms. The number of phenolic OH excluding ortho intramolecular Hbond substituents is 1. The minimum absolute atomic E-state index is 0.170. The van der Waals surface area contributed by atoms with Crippen LogP contribution in [-0.4, -0.2) is 22.4 Å². The van der Waals surface area contributed by atoms with Crippen molar-refractivity contribution < 1.29 is 14.4 Å². The van der Waals surface area contributed by atoms with Crippen molar-refractivity contribution in [3.8, 4) is 17.1 Å². The van der Waals surface area contributed by atoms with E-state index in [1.165, 1.54) is 0 Å². The predicted octanol–water partition coefficient (Wildman–Crippen LogP) is 2.15. The minimum Gasteiger partial charge on any atom is -0.508 e. The maximum atomic E-state index is 9.33. The van der Waals surface area contributed by atoms with Crippen LogP contribution in [0.15, 0.2) is 28.8 Å². The second-order valence-electron chi connectivity index (χ2n) is 3.38. The predicted molar refractivity (Wildman–Crippen MR) is 56.8 cm³/mol. The molecule has 2 aromatic rings. The molecule has 0 amide bonds. The number of hydrogen-bond acceptors (Lipinski definition) is 5. The molecular weight excluding hydrogens is 208 g/mol. The number of aromatic hydroxyl groups is 1. The SMILES string of the molecule is COC(C)c1nc(-c2cccc(O)c2)no1. The zero-order valence-electron chi connectivity index (χ0n) is 9.04. The van der Waals surface area contributed by atoms with E-state index in [1.54, 1.807) is 31.4 Å². The quantitative estimate of drug-likeness (QED) is 0.858. The first-order chi connectivity index (χ1) is 7.70. The lowest BCUT2D eigenvalue weighted by Crippen LogP contribution is -1.95. The Balaban J connectivity index is 2.31. The lowest BCUT2D eigenvalue weighted by atomic mass is 10.2. The van der Waals surface area contributed by atoms with Crippen molar-refractivity contribution >= 4 is 0 Å². The number of methoxy groups -OCH3 is 1. The van der Waals surface area contributed by atoms with Crippen molar-refractivity contribution in [2.75, 3.05) is 7.11 Å². The summed E-state index contributed by atoms with van der Waals surface area (Å²) in [6.07, 6.45) is -0.237. The van der Waals surface area contributed by atoms with Crippen LogP contribution in [0.4, 0.5) is 0 Å². The van der Waals surface area contributed by atoms with E-state index in [4.69, 9.17) is 9.26 Å². The molecule has 5 heteroatoms. The van der Waals surface area contributed by atoms with Gasteiger partial charge in [-0.2, -0.15) is 4.98 Å². The van der Waals surface area contributed by atoms with Crippen molar-refractivity contribution in [3.05, 3.63) is 30.2 Å². The van der Waals surface area contributed by atoms with Gasteiger partial charge in [-0.15, -0.1) is 0 Å². The van der Waals surface area contributed by atoms with Crippen molar-refractivity contribution in [1.29, 1.82) is 0 Å². The molecule has 2 rings (SSSR count). The summed E-state index contributed by atoms with van der Waals surface area (Å²) in [7, 11) is 1.57. The van der Waals surface area contributed by atoms with Crippen molar-refractivity contribution in [3.63, 3.8) is 0 Å². The summed E-state index contributed by atoms with van der Waals surface area (Å²) in [6, 6.07) is 6.68. The Morgan fingerprint density at radius 2 is 2.25 bits per heavy atom. The van der Waals surface area contributed by atoms with Crippen LogP contribution in [0.1, 0.15) is 18.9 Å². The number of rotatable bonds is 3. The highest BCUT2D eigenvalue weighted by Crippen LogP contribution is 2.22. The standard InChI is InChI=1S/C11H12N2O3/c1-7(15-2)11-12-10(13-16-11)8-4-3-5-9(14)6-8/h3-7,14H,1-2H3. The topological polar surface area (TPSA) is 68.4 Å². The van der Waals surface area contributed by atoms with Gasteiger partial charge in [0.05, 0.1) is 0 Å². The van der Waals surface area contributed by atoms with Crippen LogP contribution in [0.5, 0.6) is 5.75 Å². The number of benzene rings is 1. The Kier molecular flexibility index (Phi) is 2.87. The van der Waals surface area contributed by atoms with Gasteiger partial charge in [-0.3, -0.25) is 0 Å². The van der Waals surface area contributed by atoms with Crippen LogP contribution in [0.3, 0.4) is 0 Å². The maximum absolute atomic E-state index is 9.33. The van der Waals surface area contributed by atoms with E-state index < -0.39 is 0 Å². The zero-order valence-corrected chi connectivity index (χ0v) is 9.04. The maximum Gasteiger partial charge on any atom is 0.255 e. The normalized spacial score (nSPS) is 12.6. The molecule has 1 aromatic heterocycles. The molecule has 5 nitrogen and oxygen atoms in total. The Labute approximate surface area is 92.7 Å². The lowest BCUT2D eigenvalue weighted by Gasteiger charge is -2.00. The van der Waals surface area contributed by atoms with Crippen LogP contribution in [0.2, 0.25) is 0 Å². The molecule has 0 aliphatic rings. The van der Waals surface area contributed by atoms with E-state index in [0.717, 1.165) is 0 Å². The van der Waals surface area contributed by atoms with Gasteiger partial charge < -0.3 is 14.4 Å². The number of phenols is 1. The molecular formula is C11H12N2O3. The average Bonchev–Trinajstić information content (AvgIpc) is 2.77. The van der Waals surface area contributed by atoms with E-state index in [0.29, 0.717) is 17.3 Å². The van der Waals surface area contributed by atoms with Crippen molar-refractivity contribution in [2.24, 2.45) is 0 Å². The molecule has 0 saturated heterocycles. The molecule has 84 valence electrons. The summed E-state index contributed by atoms with van der Waals surface area (Å²) in [5.74, 6) is 1.03. The first kappa shape index (κ1) is 10.6. The summed E-state index contributed by atoms with van der Waals surface area (Å²) in [4.78, 5) is 4.18. The number of nitrogens with zero attached hydrogens (tertiary/aromatic N) is 2. The third-order valence-corrected chi connectivity index (χ3v) is 2.25. The van der Waals surface area contributed by atoms with Crippen LogP contribution in [0.25, 0.3) is 11.4 Å². The molecule has 1 N–H and O–H groups in total. The fourth-order valence-corrected chi connectivity index (χ4v) is 1.26. The number of aromatic nitrogens is 2. The van der Waals surface area contributed by atoms with Crippen LogP contribution in [-0.2, 0) is 4.74 Å². The number of ether oxygens (including phenoxy) is 1. The third kappa shape index (κ3) is 2.04. The van der Waals surface area contributed by atoms with Gasteiger partial charge in [0.1, 0.15) is 11.9 Å². The van der Waals surface area contributed by atoms with Crippen molar-refractivity contribution in [1.82, 2.24) is 10.1 Å². The summed E-state index contributed by atoms with van der Waals surface area (Å²) in [5, 5.41) is 13.1. The van der Waals surface area contributed by atoms with E-state index in [2.05, 4.69) is 10.1 Å². The first-order valence-electron chi connectivity index (χ1n) is 4.86. The van der Waals surface area contributed by atoms with E-state index in [9.17, 15) is 5.11 Å². The number of hydrogen-bond donors (Lipinski definition) is 1.